The Morgan fingerprint density at radius 2 is 1.75 bits per heavy atom. The number of hydrogen-bond donors (Lipinski definition) is 0. The van der Waals surface area contributed by atoms with Gasteiger partial charge < -0.3 is 0 Å². The van der Waals surface area contributed by atoms with Crippen LogP contribution in [0.3, 0.4) is 0 Å². The summed E-state index contributed by atoms with van der Waals surface area (Å²) in [6.07, 6.45) is 7.93. The molecule has 0 amide bonds. The predicted molar refractivity (Wildman–Crippen MR) is 71.7 cm³/mol. The van der Waals surface area contributed by atoms with Crippen molar-refractivity contribution >= 4 is 10.8 Å². The topological polar surface area (TPSA) is 0 Å². The number of rotatable bonds is 4. The van der Waals surface area contributed by atoms with Gasteiger partial charge in [0, 0.05) is 0 Å². The summed E-state index contributed by atoms with van der Waals surface area (Å²) in [4.78, 5) is 0. The Balaban J connectivity index is 2.10. The normalized spacial score (nSPS) is 11.3. The van der Waals surface area contributed by atoms with Crippen molar-refractivity contribution in [3.63, 3.8) is 0 Å². The summed E-state index contributed by atoms with van der Waals surface area (Å²) in [6.45, 7) is 2.17. The van der Waals surface area contributed by atoms with Gasteiger partial charge >= 0.3 is 0 Å². The highest BCUT2D eigenvalue weighted by Crippen LogP contribution is 2.16. The SMILES string of the molecule is CC/C=C/CCc1ccc2ccccc2c1. The highest BCUT2D eigenvalue weighted by molar-refractivity contribution is 5.82. The molecule has 0 bridgehead atoms. The van der Waals surface area contributed by atoms with Crippen LogP contribution in [0.5, 0.6) is 0 Å². The van der Waals surface area contributed by atoms with Crippen molar-refractivity contribution in [2.75, 3.05) is 0 Å². The van der Waals surface area contributed by atoms with Crippen LogP contribution in [0.4, 0.5) is 0 Å². The molecule has 82 valence electrons. The van der Waals surface area contributed by atoms with Gasteiger partial charge in [-0.25, -0.2) is 0 Å². The van der Waals surface area contributed by atoms with Crippen LogP contribution in [0.25, 0.3) is 10.8 Å². The second kappa shape index (κ2) is 5.50. The second-order valence-electron chi connectivity index (χ2n) is 4.10. The lowest BCUT2D eigenvalue weighted by atomic mass is 10.0. The van der Waals surface area contributed by atoms with Crippen molar-refractivity contribution in [2.45, 2.75) is 26.2 Å². The molecule has 0 aromatic heterocycles. The van der Waals surface area contributed by atoms with Gasteiger partial charge in [-0.15, -0.1) is 0 Å². The summed E-state index contributed by atoms with van der Waals surface area (Å²) in [5.41, 5.74) is 1.43. The van der Waals surface area contributed by atoms with Crippen LogP contribution in [0, 0.1) is 0 Å². The molecule has 0 aliphatic carbocycles. The first-order chi connectivity index (χ1) is 7.90. The molecule has 0 atom stereocenters. The molecule has 0 fully saturated rings. The Labute approximate surface area is 97.6 Å². The standard InChI is InChI=1S/C16H18/c1-2-3-4-5-8-14-11-12-15-9-6-7-10-16(15)13-14/h3-4,6-7,9-13H,2,5,8H2,1H3/b4-3+. The Hall–Kier alpha value is -1.56. The molecule has 0 unspecified atom stereocenters. The van der Waals surface area contributed by atoms with Crippen molar-refractivity contribution in [2.24, 2.45) is 0 Å². The fraction of sp³-hybridized carbons (Fsp3) is 0.250. The van der Waals surface area contributed by atoms with E-state index in [1.807, 2.05) is 0 Å². The van der Waals surface area contributed by atoms with Crippen LogP contribution in [-0.4, -0.2) is 0 Å². The Morgan fingerprint density at radius 3 is 2.56 bits per heavy atom. The van der Waals surface area contributed by atoms with Gasteiger partial charge in [-0.1, -0.05) is 61.5 Å². The fourth-order valence-corrected chi connectivity index (χ4v) is 1.93. The average Bonchev–Trinajstić information content (AvgIpc) is 2.34. The van der Waals surface area contributed by atoms with Crippen LogP contribution in [-0.2, 0) is 6.42 Å². The number of allylic oxidation sites excluding steroid dienone is 2. The lowest BCUT2D eigenvalue weighted by Gasteiger charge is -2.01. The van der Waals surface area contributed by atoms with E-state index in [1.165, 1.54) is 16.3 Å². The molecule has 0 aliphatic heterocycles. The van der Waals surface area contributed by atoms with E-state index in [1.54, 1.807) is 0 Å². The lowest BCUT2D eigenvalue weighted by molar-refractivity contribution is 0.994. The predicted octanol–water partition coefficient (Wildman–Crippen LogP) is 4.74. The molecule has 0 spiro atoms. The highest BCUT2D eigenvalue weighted by Gasteiger charge is 1.94. The summed E-state index contributed by atoms with van der Waals surface area (Å²) in [7, 11) is 0. The van der Waals surface area contributed by atoms with Crippen molar-refractivity contribution < 1.29 is 0 Å². The van der Waals surface area contributed by atoms with Gasteiger partial charge in [0.1, 0.15) is 0 Å². The van der Waals surface area contributed by atoms with Gasteiger partial charge in [-0.3, -0.25) is 0 Å². The molecule has 0 heterocycles. The van der Waals surface area contributed by atoms with Crippen LogP contribution >= 0.6 is 0 Å². The first kappa shape index (κ1) is 10.9. The minimum absolute atomic E-state index is 1.14. The summed E-state index contributed by atoms with van der Waals surface area (Å²) < 4.78 is 0. The second-order valence-corrected chi connectivity index (χ2v) is 4.10. The quantitative estimate of drug-likeness (QED) is 0.639. The van der Waals surface area contributed by atoms with E-state index in [4.69, 9.17) is 0 Å². The first-order valence-electron chi connectivity index (χ1n) is 6.03. The third-order valence-corrected chi connectivity index (χ3v) is 2.82. The van der Waals surface area contributed by atoms with Gasteiger partial charge in [0.2, 0.25) is 0 Å². The van der Waals surface area contributed by atoms with E-state index in [9.17, 15) is 0 Å². The molecule has 2 aromatic rings. The molecule has 0 heteroatoms. The Kier molecular flexibility index (Phi) is 3.76. The van der Waals surface area contributed by atoms with E-state index >= 15 is 0 Å². The molecule has 2 aromatic carbocycles. The van der Waals surface area contributed by atoms with E-state index in [0.29, 0.717) is 0 Å². The number of fused-ring (bicyclic) bond motifs is 1. The van der Waals surface area contributed by atoms with Crippen molar-refractivity contribution in [3.05, 3.63) is 60.2 Å². The molecule has 16 heavy (non-hydrogen) atoms. The monoisotopic (exact) mass is 210 g/mol. The molecule has 0 aliphatic rings. The molecule has 2 rings (SSSR count). The average molecular weight is 210 g/mol. The van der Waals surface area contributed by atoms with Gasteiger partial charge in [-0.05, 0) is 35.6 Å². The zero-order chi connectivity index (χ0) is 11.2. The highest BCUT2D eigenvalue weighted by atomic mass is 14.0. The number of hydrogen-bond acceptors (Lipinski definition) is 0. The van der Waals surface area contributed by atoms with E-state index in [-0.39, 0.29) is 0 Å². The van der Waals surface area contributed by atoms with Gasteiger partial charge in [0.15, 0.2) is 0 Å². The maximum atomic E-state index is 2.30. The summed E-state index contributed by atoms with van der Waals surface area (Å²) >= 11 is 0. The fourth-order valence-electron chi connectivity index (χ4n) is 1.93. The van der Waals surface area contributed by atoms with Gasteiger partial charge in [-0.2, -0.15) is 0 Å². The van der Waals surface area contributed by atoms with Gasteiger partial charge in [0.25, 0.3) is 0 Å². The molecular weight excluding hydrogens is 192 g/mol. The summed E-state index contributed by atoms with van der Waals surface area (Å²) in [5, 5.41) is 2.68. The first-order valence-corrected chi connectivity index (χ1v) is 6.03. The summed E-state index contributed by atoms with van der Waals surface area (Å²) in [5.74, 6) is 0. The third kappa shape index (κ3) is 2.73. The Morgan fingerprint density at radius 1 is 0.938 bits per heavy atom. The minimum atomic E-state index is 1.14. The number of aryl methyl sites for hydroxylation is 1. The summed E-state index contributed by atoms with van der Waals surface area (Å²) in [6, 6.07) is 15.3. The Bertz CT molecular complexity index is 480. The molecule has 0 saturated carbocycles. The molecule has 0 radical (unpaired) electrons. The van der Waals surface area contributed by atoms with Crippen LogP contribution in [0.2, 0.25) is 0 Å². The van der Waals surface area contributed by atoms with Crippen molar-refractivity contribution in [1.82, 2.24) is 0 Å². The maximum Gasteiger partial charge on any atom is -0.0181 e. The van der Waals surface area contributed by atoms with E-state index in [2.05, 4.69) is 61.5 Å². The maximum absolute atomic E-state index is 2.30. The van der Waals surface area contributed by atoms with E-state index in [0.717, 1.165) is 19.3 Å². The van der Waals surface area contributed by atoms with Crippen molar-refractivity contribution in [1.29, 1.82) is 0 Å². The van der Waals surface area contributed by atoms with Crippen LogP contribution < -0.4 is 0 Å². The number of benzene rings is 2. The minimum Gasteiger partial charge on any atom is -0.0888 e. The van der Waals surface area contributed by atoms with Gasteiger partial charge in [0.05, 0.1) is 0 Å². The zero-order valence-electron chi connectivity index (χ0n) is 9.82. The molecule has 0 nitrogen and oxygen atoms in total. The molecule has 0 N–H and O–H groups in total. The molecule has 0 saturated heterocycles. The third-order valence-electron chi connectivity index (χ3n) is 2.82. The smallest absolute Gasteiger partial charge is 0.0181 e. The lowest BCUT2D eigenvalue weighted by Crippen LogP contribution is -1.83. The van der Waals surface area contributed by atoms with Crippen molar-refractivity contribution in [3.8, 4) is 0 Å². The largest absolute Gasteiger partial charge is 0.0888 e. The van der Waals surface area contributed by atoms with E-state index < -0.39 is 0 Å². The zero-order valence-corrected chi connectivity index (χ0v) is 9.82. The van der Waals surface area contributed by atoms with Crippen LogP contribution in [0.15, 0.2) is 54.6 Å². The molecular formula is C16H18. The van der Waals surface area contributed by atoms with Crippen LogP contribution in [0.1, 0.15) is 25.3 Å².